The van der Waals surface area contributed by atoms with Gasteiger partial charge in [-0.3, -0.25) is 0 Å². The lowest BCUT2D eigenvalue weighted by atomic mass is 9.89. The standard InChI is InChI=1S/C26H30F2N4O5/c1-33-21-11-17(5-6-19(21)16-7-9-32(36-4)10-8-16)31-26-29-13-18(14-30-26)37-15-20-24(27)22(34-2)12-23(35-3)25(20)28/h5-6,11-14,16H,7-10,15H2,1-4H3,(H,29,30,31). The fourth-order valence-electron chi connectivity index (χ4n) is 4.28. The number of hydrogen-bond acceptors (Lipinski definition) is 9. The molecule has 2 aromatic carbocycles. The first kappa shape index (κ1) is 26.4. The summed E-state index contributed by atoms with van der Waals surface area (Å²) in [5.74, 6) is -0.259. The van der Waals surface area contributed by atoms with Gasteiger partial charge in [-0.25, -0.2) is 18.7 Å². The van der Waals surface area contributed by atoms with Crippen LogP contribution in [0.2, 0.25) is 0 Å². The zero-order chi connectivity index (χ0) is 26.4. The van der Waals surface area contributed by atoms with Crippen molar-refractivity contribution in [3.05, 3.63) is 59.4 Å². The highest BCUT2D eigenvalue weighted by molar-refractivity contribution is 5.58. The molecule has 37 heavy (non-hydrogen) atoms. The first-order valence-electron chi connectivity index (χ1n) is 11.7. The summed E-state index contributed by atoms with van der Waals surface area (Å²) in [5, 5.41) is 5.10. The van der Waals surface area contributed by atoms with Gasteiger partial charge in [-0.05, 0) is 30.4 Å². The molecular formula is C26H30F2N4O5. The molecule has 0 spiro atoms. The van der Waals surface area contributed by atoms with Crippen LogP contribution >= 0.6 is 0 Å². The minimum absolute atomic E-state index is 0.144. The SMILES string of the molecule is COc1cc(Nc2ncc(OCc3c(F)c(OC)cc(OC)c3F)cn2)ccc1C1CCN(OC)CC1. The summed E-state index contributed by atoms with van der Waals surface area (Å²) in [6.45, 7) is 1.35. The molecule has 3 aromatic rings. The normalized spacial score (nSPS) is 14.3. The van der Waals surface area contributed by atoms with Gasteiger partial charge in [0.15, 0.2) is 28.9 Å². The van der Waals surface area contributed by atoms with Gasteiger partial charge in [0, 0.05) is 30.9 Å². The van der Waals surface area contributed by atoms with E-state index in [2.05, 4.69) is 21.4 Å². The molecule has 0 bridgehead atoms. The van der Waals surface area contributed by atoms with Gasteiger partial charge in [0.25, 0.3) is 0 Å². The molecule has 1 aliphatic heterocycles. The number of methoxy groups -OCH3 is 3. The fraction of sp³-hybridized carbons (Fsp3) is 0.385. The van der Waals surface area contributed by atoms with Gasteiger partial charge < -0.3 is 29.1 Å². The van der Waals surface area contributed by atoms with Crippen molar-refractivity contribution in [1.82, 2.24) is 15.0 Å². The van der Waals surface area contributed by atoms with E-state index in [0.717, 1.165) is 49.0 Å². The van der Waals surface area contributed by atoms with Crippen LogP contribution in [-0.4, -0.2) is 56.6 Å². The third-order valence-electron chi connectivity index (χ3n) is 6.32. The molecular weight excluding hydrogens is 486 g/mol. The van der Waals surface area contributed by atoms with Crippen LogP contribution in [0.25, 0.3) is 0 Å². The van der Waals surface area contributed by atoms with E-state index in [-0.39, 0.29) is 22.8 Å². The number of nitrogens with zero attached hydrogens (tertiary/aromatic N) is 3. The number of nitrogens with one attached hydrogen (secondary N) is 1. The lowest BCUT2D eigenvalue weighted by Crippen LogP contribution is -2.32. The molecule has 9 nitrogen and oxygen atoms in total. The van der Waals surface area contributed by atoms with E-state index in [1.165, 1.54) is 26.6 Å². The Morgan fingerprint density at radius 3 is 2.08 bits per heavy atom. The van der Waals surface area contributed by atoms with Crippen molar-refractivity contribution in [2.75, 3.05) is 46.8 Å². The van der Waals surface area contributed by atoms with Gasteiger partial charge in [0.05, 0.1) is 46.4 Å². The minimum Gasteiger partial charge on any atom is -0.496 e. The van der Waals surface area contributed by atoms with E-state index in [4.69, 9.17) is 23.8 Å². The number of rotatable bonds is 10. The van der Waals surface area contributed by atoms with Crippen LogP contribution in [0.3, 0.4) is 0 Å². The van der Waals surface area contributed by atoms with Crippen molar-refractivity contribution in [3.63, 3.8) is 0 Å². The largest absolute Gasteiger partial charge is 0.496 e. The van der Waals surface area contributed by atoms with E-state index >= 15 is 0 Å². The number of benzene rings is 2. The fourth-order valence-corrected chi connectivity index (χ4v) is 4.28. The minimum atomic E-state index is -0.860. The molecule has 4 rings (SSSR count). The Hall–Kier alpha value is -3.70. The Labute approximate surface area is 214 Å². The second kappa shape index (κ2) is 12.0. The molecule has 0 radical (unpaired) electrons. The Kier molecular flexibility index (Phi) is 8.57. The highest BCUT2D eigenvalue weighted by Crippen LogP contribution is 2.36. The Morgan fingerprint density at radius 1 is 0.892 bits per heavy atom. The Morgan fingerprint density at radius 2 is 1.51 bits per heavy atom. The molecule has 1 aliphatic rings. The van der Waals surface area contributed by atoms with Gasteiger partial charge in [0.2, 0.25) is 5.95 Å². The summed E-state index contributed by atoms with van der Waals surface area (Å²) >= 11 is 0. The number of aromatic nitrogens is 2. The predicted octanol–water partition coefficient (Wildman–Crippen LogP) is 4.84. The highest BCUT2D eigenvalue weighted by atomic mass is 19.1. The van der Waals surface area contributed by atoms with Crippen LogP contribution in [0, 0.1) is 11.6 Å². The molecule has 0 amide bonds. The van der Waals surface area contributed by atoms with Crippen LogP contribution in [0.4, 0.5) is 20.4 Å². The summed E-state index contributed by atoms with van der Waals surface area (Å²) in [6.07, 6.45) is 4.80. The van der Waals surface area contributed by atoms with E-state index in [1.807, 2.05) is 17.2 Å². The molecule has 0 unspecified atom stereocenters. The smallest absolute Gasteiger partial charge is 0.227 e. The molecule has 2 heterocycles. The first-order valence-corrected chi connectivity index (χ1v) is 11.7. The van der Waals surface area contributed by atoms with Crippen molar-refractivity contribution < 1.29 is 32.6 Å². The number of piperidine rings is 1. The number of hydrogen-bond donors (Lipinski definition) is 1. The van der Waals surface area contributed by atoms with Crippen LogP contribution < -0.4 is 24.3 Å². The van der Waals surface area contributed by atoms with Crippen LogP contribution in [-0.2, 0) is 11.4 Å². The van der Waals surface area contributed by atoms with Crippen molar-refractivity contribution in [2.45, 2.75) is 25.4 Å². The molecule has 1 saturated heterocycles. The maximum absolute atomic E-state index is 14.5. The lowest BCUT2D eigenvalue weighted by Gasteiger charge is -2.31. The third-order valence-corrected chi connectivity index (χ3v) is 6.32. The highest BCUT2D eigenvalue weighted by Gasteiger charge is 2.24. The Balaban J connectivity index is 1.41. The molecule has 0 aliphatic carbocycles. The summed E-state index contributed by atoms with van der Waals surface area (Å²) in [6, 6.07) is 7.06. The van der Waals surface area contributed by atoms with Gasteiger partial charge in [-0.2, -0.15) is 5.06 Å². The molecule has 1 fully saturated rings. The molecule has 1 N–H and O–H groups in total. The number of ether oxygens (including phenoxy) is 4. The van der Waals surface area contributed by atoms with Gasteiger partial charge in [-0.15, -0.1) is 0 Å². The maximum atomic E-state index is 14.5. The Bertz CT molecular complexity index is 1180. The topological polar surface area (TPSA) is 87.2 Å². The van der Waals surface area contributed by atoms with Crippen molar-refractivity contribution in [1.29, 1.82) is 0 Å². The summed E-state index contributed by atoms with van der Waals surface area (Å²) < 4.78 is 50.1. The average molecular weight is 517 g/mol. The molecule has 1 aromatic heterocycles. The predicted molar refractivity (Wildman–Crippen MR) is 133 cm³/mol. The molecule has 11 heteroatoms. The summed E-state index contributed by atoms with van der Waals surface area (Å²) in [7, 11) is 5.92. The molecule has 0 saturated carbocycles. The third kappa shape index (κ3) is 6.00. The summed E-state index contributed by atoms with van der Waals surface area (Å²) in [4.78, 5) is 13.8. The van der Waals surface area contributed by atoms with E-state index in [1.54, 1.807) is 14.2 Å². The second-order valence-electron chi connectivity index (χ2n) is 8.39. The van der Waals surface area contributed by atoms with Gasteiger partial charge in [0.1, 0.15) is 12.4 Å². The molecule has 0 atom stereocenters. The number of hydroxylamine groups is 2. The quantitative estimate of drug-likeness (QED) is 0.407. The van der Waals surface area contributed by atoms with Crippen molar-refractivity contribution >= 4 is 11.6 Å². The van der Waals surface area contributed by atoms with Crippen LogP contribution in [0.1, 0.15) is 29.9 Å². The van der Waals surface area contributed by atoms with Crippen LogP contribution in [0.5, 0.6) is 23.0 Å². The number of halogens is 2. The van der Waals surface area contributed by atoms with Crippen LogP contribution in [0.15, 0.2) is 36.7 Å². The average Bonchev–Trinajstić information content (AvgIpc) is 2.94. The van der Waals surface area contributed by atoms with E-state index < -0.39 is 18.2 Å². The second-order valence-corrected chi connectivity index (χ2v) is 8.39. The van der Waals surface area contributed by atoms with Gasteiger partial charge in [-0.1, -0.05) is 6.07 Å². The monoisotopic (exact) mass is 516 g/mol. The van der Waals surface area contributed by atoms with Gasteiger partial charge >= 0.3 is 0 Å². The van der Waals surface area contributed by atoms with Crippen molar-refractivity contribution in [2.24, 2.45) is 0 Å². The van der Waals surface area contributed by atoms with E-state index in [0.29, 0.717) is 11.9 Å². The van der Waals surface area contributed by atoms with Crippen molar-refractivity contribution in [3.8, 4) is 23.0 Å². The first-order chi connectivity index (χ1) is 18.0. The summed E-state index contributed by atoms with van der Waals surface area (Å²) in [5.41, 5.74) is 1.59. The maximum Gasteiger partial charge on any atom is 0.227 e. The lowest BCUT2D eigenvalue weighted by molar-refractivity contribution is -0.143. The molecule has 198 valence electrons. The number of anilines is 2. The zero-order valence-electron chi connectivity index (χ0n) is 21.2. The zero-order valence-corrected chi connectivity index (χ0v) is 21.2. The van der Waals surface area contributed by atoms with E-state index in [9.17, 15) is 8.78 Å².